The van der Waals surface area contributed by atoms with Gasteiger partial charge in [0.1, 0.15) is 5.15 Å². The quantitative estimate of drug-likeness (QED) is 0.912. The minimum Gasteiger partial charge on any atom is -0.388 e. The molecule has 0 fully saturated rings. The highest BCUT2D eigenvalue weighted by Gasteiger charge is 2.09. The normalized spacial score (nSPS) is 12.4. The molecule has 0 radical (unpaired) electrons. The SMILES string of the molecule is O[C@@H](CCCc1ncc(Cl)nc1Cl)c1ccccc1. The third-order valence-corrected chi connectivity index (χ3v) is 3.33. The molecular weight excluding hydrogens is 283 g/mol. The topological polar surface area (TPSA) is 46.0 Å². The summed E-state index contributed by atoms with van der Waals surface area (Å²) in [4.78, 5) is 8.07. The minimum absolute atomic E-state index is 0.290. The van der Waals surface area contributed by atoms with Crippen LogP contribution in [-0.2, 0) is 6.42 Å². The number of aromatic nitrogens is 2. The van der Waals surface area contributed by atoms with Gasteiger partial charge in [0.15, 0.2) is 5.15 Å². The summed E-state index contributed by atoms with van der Waals surface area (Å²) in [7, 11) is 0. The summed E-state index contributed by atoms with van der Waals surface area (Å²) in [6, 6.07) is 9.60. The van der Waals surface area contributed by atoms with Crippen molar-refractivity contribution in [3.05, 3.63) is 58.1 Å². The van der Waals surface area contributed by atoms with Gasteiger partial charge < -0.3 is 5.11 Å². The second-order valence-electron chi connectivity index (χ2n) is 4.25. The summed E-state index contributed by atoms with van der Waals surface area (Å²) in [6.07, 6.45) is 3.14. The number of aryl methyl sites for hydroxylation is 1. The van der Waals surface area contributed by atoms with E-state index >= 15 is 0 Å². The molecule has 2 aromatic rings. The Balaban J connectivity index is 1.86. The molecule has 0 saturated heterocycles. The van der Waals surface area contributed by atoms with E-state index in [9.17, 15) is 5.11 Å². The zero-order valence-electron chi connectivity index (χ0n) is 10.3. The molecule has 0 saturated carbocycles. The van der Waals surface area contributed by atoms with Gasteiger partial charge in [0.05, 0.1) is 18.0 Å². The molecule has 0 unspecified atom stereocenters. The highest BCUT2D eigenvalue weighted by molar-refractivity contribution is 6.32. The molecule has 1 N–H and O–H groups in total. The molecule has 1 aromatic heterocycles. The van der Waals surface area contributed by atoms with Crippen molar-refractivity contribution in [3.63, 3.8) is 0 Å². The van der Waals surface area contributed by atoms with E-state index in [1.807, 2.05) is 30.3 Å². The van der Waals surface area contributed by atoms with Crippen LogP contribution in [0.15, 0.2) is 36.5 Å². The third kappa shape index (κ3) is 4.16. The van der Waals surface area contributed by atoms with Crippen LogP contribution in [0.2, 0.25) is 10.3 Å². The number of hydrogen-bond donors (Lipinski definition) is 1. The Bertz CT molecular complexity index is 534. The van der Waals surface area contributed by atoms with Crippen molar-refractivity contribution in [2.24, 2.45) is 0 Å². The summed E-state index contributed by atoms with van der Waals surface area (Å²) < 4.78 is 0. The summed E-state index contributed by atoms with van der Waals surface area (Å²) in [6.45, 7) is 0. The zero-order valence-corrected chi connectivity index (χ0v) is 11.8. The van der Waals surface area contributed by atoms with E-state index in [0.717, 1.165) is 12.0 Å². The van der Waals surface area contributed by atoms with Gasteiger partial charge in [-0.05, 0) is 24.8 Å². The van der Waals surface area contributed by atoms with E-state index in [1.54, 1.807) is 0 Å². The fraction of sp³-hybridized carbons (Fsp3) is 0.286. The molecule has 0 aliphatic carbocycles. The molecule has 0 amide bonds. The Labute approximate surface area is 122 Å². The van der Waals surface area contributed by atoms with Crippen LogP contribution in [-0.4, -0.2) is 15.1 Å². The summed E-state index contributed by atoms with van der Waals surface area (Å²) >= 11 is 11.6. The zero-order chi connectivity index (χ0) is 13.7. The monoisotopic (exact) mass is 296 g/mol. The van der Waals surface area contributed by atoms with Gasteiger partial charge >= 0.3 is 0 Å². The Morgan fingerprint density at radius 3 is 2.58 bits per heavy atom. The van der Waals surface area contributed by atoms with Crippen LogP contribution in [0.25, 0.3) is 0 Å². The molecular formula is C14H14Cl2N2O. The van der Waals surface area contributed by atoms with Crippen LogP contribution >= 0.6 is 23.2 Å². The molecule has 100 valence electrons. The van der Waals surface area contributed by atoms with Crippen LogP contribution in [0, 0.1) is 0 Å². The molecule has 0 aliphatic heterocycles. The highest BCUT2D eigenvalue weighted by Crippen LogP contribution is 2.21. The van der Waals surface area contributed by atoms with E-state index in [0.29, 0.717) is 23.7 Å². The number of benzene rings is 1. The Morgan fingerprint density at radius 2 is 1.89 bits per heavy atom. The van der Waals surface area contributed by atoms with Crippen molar-refractivity contribution >= 4 is 23.2 Å². The highest BCUT2D eigenvalue weighted by atomic mass is 35.5. The first kappa shape index (κ1) is 14.3. The molecule has 0 spiro atoms. The Kier molecular flexibility index (Phi) is 5.14. The molecule has 1 heterocycles. The maximum absolute atomic E-state index is 10.0. The van der Waals surface area contributed by atoms with Crippen LogP contribution in [0.3, 0.4) is 0 Å². The van der Waals surface area contributed by atoms with Gasteiger partial charge in [-0.1, -0.05) is 53.5 Å². The molecule has 5 heteroatoms. The van der Waals surface area contributed by atoms with Gasteiger partial charge in [0.25, 0.3) is 0 Å². The maximum Gasteiger partial charge on any atom is 0.152 e. The van der Waals surface area contributed by atoms with E-state index in [2.05, 4.69) is 9.97 Å². The number of hydrogen-bond acceptors (Lipinski definition) is 3. The molecule has 1 atom stereocenters. The van der Waals surface area contributed by atoms with Gasteiger partial charge in [-0.15, -0.1) is 0 Å². The van der Waals surface area contributed by atoms with E-state index in [1.165, 1.54) is 6.20 Å². The molecule has 2 rings (SSSR count). The summed E-state index contributed by atoms with van der Waals surface area (Å²) in [5, 5.41) is 10.6. The molecule has 19 heavy (non-hydrogen) atoms. The number of halogens is 2. The predicted molar refractivity (Wildman–Crippen MR) is 76.4 cm³/mol. The maximum atomic E-state index is 10.0. The number of aliphatic hydroxyl groups is 1. The van der Waals surface area contributed by atoms with Crippen molar-refractivity contribution in [1.29, 1.82) is 0 Å². The van der Waals surface area contributed by atoms with Crippen molar-refractivity contribution in [2.75, 3.05) is 0 Å². The van der Waals surface area contributed by atoms with E-state index in [-0.39, 0.29) is 5.15 Å². The van der Waals surface area contributed by atoms with E-state index in [4.69, 9.17) is 23.2 Å². The number of rotatable bonds is 5. The standard InChI is InChI=1S/C14H14Cl2N2O/c15-13-9-17-11(14(16)18-13)7-4-8-12(19)10-5-2-1-3-6-10/h1-3,5-6,9,12,19H,4,7-8H2/t12-/m0/s1. The van der Waals surface area contributed by atoms with Crippen LogP contribution in [0.4, 0.5) is 0 Å². The first-order chi connectivity index (χ1) is 9.16. The third-order valence-electron chi connectivity index (χ3n) is 2.85. The fourth-order valence-electron chi connectivity index (χ4n) is 1.84. The summed E-state index contributed by atoms with van der Waals surface area (Å²) in [5.41, 5.74) is 1.64. The summed E-state index contributed by atoms with van der Waals surface area (Å²) in [5.74, 6) is 0. The average Bonchev–Trinajstić information content (AvgIpc) is 2.42. The van der Waals surface area contributed by atoms with Gasteiger partial charge in [-0.3, -0.25) is 4.98 Å². The van der Waals surface area contributed by atoms with Gasteiger partial charge in [-0.25, -0.2) is 4.98 Å². The Hall–Kier alpha value is -1.16. The van der Waals surface area contributed by atoms with Crippen LogP contribution in [0.5, 0.6) is 0 Å². The van der Waals surface area contributed by atoms with Crippen molar-refractivity contribution < 1.29 is 5.11 Å². The molecule has 0 bridgehead atoms. The molecule has 3 nitrogen and oxygen atoms in total. The first-order valence-electron chi connectivity index (χ1n) is 6.07. The van der Waals surface area contributed by atoms with Crippen LogP contribution in [0.1, 0.15) is 30.2 Å². The fourth-order valence-corrected chi connectivity index (χ4v) is 2.25. The van der Waals surface area contributed by atoms with Crippen molar-refractivity contribution in [2.45, 2.75) is 25.4 Å². The average molecular weight is 297 g/mol. The van der Waals surface area contributed by atoms with Crippen molar-refractivity contribution in [3.8, 4) is 0 Å². The lowest BCUT2D eigenvalue weighted by atomic mass is 10.0. The lowest BCUT2D eigenvalue weighted by Gasteiger charge is -2.10. The van der Waals surface area contributed by atoms with Gasteiger partial charge in [-0.2, -0.15) is 0 Å². The Morgan fingerprint density at radius 1 is 1.16 bits per heavy atom. The first-order valence-corrected chi connectivity index (χ1v) is 6.82. The molecule has 0 aliphatic rings. The lowest BCUT2D eigenvalue weighted by molar-refractivity contribution is 0.164. The second kappa shape index (κ2) is 6.85. The smallest absolute Gasteiger partial charge is 0.152 e. The minimum atomic E-state index is -0.458. The predicted octanol–water partition coefficient (Wildman–Crippen LogP) is 3.84. The number of aliphatic hydroxyl groups excluding tert-OH is 1. The largest absolute Gasteiger partial charge is 0.388 e. The second-order valence-corrected chi connectivity index (χ2v) is 4.99. The lowest BCUT2D eigenvalue weighted by Crippen LogP contribution is -2.00. The van der Waals surface area contributed by atoms with Crippen molar-refractivity contribution in [1.82, 2.24) is 9.97 Å². The molecule has 1 aromatic carbocycles. The number of nitrogens with zero attached hydrogens (tertiary/aromatic N) is 2. The van der Waals surface area contributed by atoms with Gasteiger partial charge in [0, 0.05) is 0 Å². The van der Waals surface area contributed by atoms with Crippen LogP contribution < -0.4 is 0 Å². The van der Waals surface area contributed by atoms with E-state index < -0.39 is 6.10 Å². The van der Waals surface area contributed by atoms with Gasteiger partial charge in [0.2, 0.25) is 0 Å².